The van der Waals surface area contributed by atoms with Gasteiger partial charge in [-0.3, -0.25) is 0 Å². The topological polar surface area (TPSA) is 0 Å². The quantitative estimate of drug-likeness (QED) is 0.443. The van der Waals surface area contributed by atoms with Crippen LogP contribution in [0.25, 0.3) is 0 Å². The summed E-state index contributed by atoms with van der Waals surface area (Å²) < 4.78 is 0. The zero-order valence-electron chi connectivity index (χ0n) is 9.06. The van der Waals surface area contributed by atoms with E-state index in [1.807, 2.05) is 0 Å². The monoisotopic (exact) mass is 174 g/mol. The zero-order valence-corrected chi connectivity index (χ0v) is 9.06. The first-order valence-electron chi connectivity index (χ1n) is 5.29. The molecule has 2 unspecified atom stereocenters. The summed E-state index contributed by atoms with van der Waals surface area (Å²) >= 11 is 0. The highest BCUT2D eigenvalue weighted by molar-refractivity contribution is 6.66. The fourth-order valence-electron chi connectivity index (χ4n) is 3.12. The lowest BCUT2D eigenvalue weighted by Crippen LogP contribution is -2.07. The normalized spacial score (nSPS) is 42.5. The molecule has 1 saturated carbocycles. The lowest BCUT2D eigenvalue weighted by Gasteiger charge is -2.04. The van der Waals surface area contributed by atoms with Crippen molar-refractivity contribution in [1.29, 1.82) is 0 Å². The molecule has 2 atom stereocenters. The van der Waals surface area contributed by atoms with Crippen LogP contribution >= 0.6 is 0 Å². The molecule has 0 aromatic carbocycles. The summed E-state index contributed by atoms with van der Waals surface area (Å²) in [4.78, 5) is 0. The van der Waals surface area contributed by atoms with Gasteiger partial charge in [0.2, 0.25) is 0 Å². The van der Waals surface area contributed by atoms with E-state index in [-0.39, 0.29) is 0 Å². The van der Waals surface area contributed by atoms with Crippen LogP contribution in [-0.4, -0.2) is 6.71 Å². The molecule has 0 spiro atoms. The van der Waals surface area contributed by atoms with Gasteiger partial charge in [0.25, 0.3) is 0 Å². The molecule has 0 aromatic rings. The minimum Gasteiger partial charge on any atom is -0.115 e. The number of fused-ring (bicyclic) bond motifs is 1. The predicted molar refractivity (Wildman–Crippen MR) is 60.2 cm³/mol. The van der Waals surface area contributed by atoms with Crippen LogP contribution in [0.5, 0.6) is 0 Å². The highest BCUT2D eigenvalue weighted by Crippen LogP contribution is 2.73. The zero-order chi connectivity index (χ0) is 9.69. The molecule has 0 radical (unpaired) electrons. The third-order valence-corrected chi connectivity index (χ3v) is 4.19. The maximum absolute atomic E-state index is 3.89. The summed E-state index contributed by atoms with van der Waals surface area (Å²) in [6.45, 7) is 11.7. The summed E-state index contributed by atoms with van der Waals surface area (Å²) in [5.41, 5.74) is 2.53. The lowest BCUT2D eigenvalue weighted by atomic mass is 9.45. The number of hydrogen-bond donors (Lipinski definition) is 0. The maximum Gasteiger partial charge on any atom is 0.167 e. The second-order valence-corrected chi connectivity index (χ2v) is 5.67. The Morgan fingerprint density at radius 2 is 1.85 bits per heavy atom. The standard InChI is InChI=1S/C12H19B/c1-10(2)5-6-13-8-11(3)7-12(11,4)9-13/h5-6H,1,7-9H2,2-4H3/b6-5+. The number of hydrogen-bond acceptors (Lipinski definition) is 0. The Kier molecular flexibility index (Phi) is 1.77. The number of allylic oxidation sites excluding steroid dienone is 2. The fourth-order valence-corrected chi connectivity index (χ4v) is 3.12. The second-order valence-electron chi connectivity index (χ2n) is 5.67. The van der Waals surface area contributed by atoms with Gasteiger partial charge in [-0.1, -0.05) is 44.7 Å². The van der Waals surface area contributed by atoms with Crippen LogP contribution in [0.3, 0.4) is 0 Å². The van der Waals surface area contributed by atoms with Gasteiger partial charge in [-0.05, 0) is 24.2 Å². The van der Waals surface area contributed by atoms with E-state index in [4.69, 9.17) is 0 Å². The SMILES string of the molecule is C=C(C)/C=C/B1CC2(C)CC2(C)C1. The summed E-state index contributed by atoms with van der Waals surface area (Å²) in [7, 11) is 0. The summed E-state index contributed by atoms with van der Waals surface area (Å²) in [5.74, 6) is 2.37. The van der Waals surface area contributed by atoms with Crippen LogP contribution in [0.2, 0.25) is 12.6 Å². The third kappa shape index (κ3) is 1.39. The first-order valence-corrected chi connectivity index (χ1v) is 5.29. The molecular formula is C12H19B. The Bertz CT molecular complexity index is 263. The van der Waals surface area contributed by atoms with Gasteiger partial charge < -0.3 is 0 Å². The summed E-state index contributed by atoms with van der Waals surface area (Å²) in [6, 6.07) is 0. The van der Waals surface area contributed by atoms with Gasteiger partial charge in [0.05, 0.1) is 0 Å². The fraction of sp³-hybridized carbons (Fsp3) is 0.667. The van der Waals surface area contributed by atoms with Gasteiger partial charge in [-0.15, -0.1) is 5.98 Å². The minimum atomic E-state index is 0.678. The van der Waals surface area contributed by atoms with E-state index in [2.05, 4.69) is 39.4 Å². The van der Waals surface area contributed by atoms with Gasteiger partial charge >= 0.3 is 0 Å². The summed E-state index contributed by atoms with van der Waals surface area (Å²) in [6.07, 6.45) is 6.43. The smallest absolute Gasteiger partial charge is 0.115 e. The van der Waals surface area contributed by atoms with E-state index in [1.165, 1.54) is 24.6 Å². The van der Waals surface area contributed by atoms with E-state index in [1.54, 1.807) is 0 Å². The van der Waals surface area contributed by atoms with E-state index in [0.29, 0.717) is 10.8 Å². The van der Waals surface area contributed by atoms with Crippen LogP contribution in [0, 0.1) is 10.8 Å². The van der Waals surface area contributed by atoms with Crippen molar-refractivity contribution in [3.05, 3.63) is 24.2 Å². The Hall–Kier alpha value is -0.455. The van der Waals surface area contributed by atoms with Crippen LogP contribution < -0.4 is 0 Å². The molecule has 2 fully saturated rings. The van der Waals surface area contributed by atoms with Crippen molar-refractivity contribution < 1.29 is 0 Å². The molecule has 1 saturated heterocycles. The van der Waals surface area contributed by atoms with Crippen LogP contribution in [0.15, 0.2) is 24.2 Å². The predicted octanol–water partition coefficient (Wildman–Crippen LogP) is 3.58. The molecule has 0 N–H and O–H groups in total. The van der Waals surface area contributed by atoms with Crippen molar-refractivity contribution in [3.8, 4) is 0 Å². The molecular weight excluding hydrogens is 155 g/mol. The van der Waals surface area contributed by atoms with E-state index >= 15 is 0 Å². The number of rotatable bonds is 2. The average Bonchev–Trinajstić information content (AvgIpc) is 2.39. The molecule has 0 bridgehead atoms. The molecule has 70 valence electrons. The maximum atomic E-state index is 3.89. The van der Waals surface area contributed by atoms with Crippen LogP contribution in [0.1, 0.15) is 27.2 Å². The molecule has 2 rings (SSSR count). The van der Waals surface area contributed by atoms with E-state index in [0.717, 1.165) is 6.71 Å². The Labute approximate surface area is 82.2 Å². The first-order chi connectivity index (χ1) is 5.95. The van der Waals surface area contributed by atoms with Gasteiger partial charge in [-0.25, -0.2) is 0 Å². The van der Waals surface area contributed by atoms with Gasteiger partial charge in [0, 0.05) is 0 Å². The van der Waals surface area contributed by atoms with Gasteiger partial charge in [-0.2, -0.15) is 0 Å². The highest BCUT2D eigenvalue weighted by Gasteiger charge is 2.65. The van der Waals surface area contributed by atoms with Crippen molar-refractivity contribution in [3.63, 3.8) is 0 Å². The Morgan fingerprint density at radius 3 is 2.31 bits per heavy atom. The molecule has 13 heavy (non-hydrogen) atoms. The van der Waals surface area contributed by atoms with Gasteiger partial charge in [0.15, 0.2) is 6.71 Å². The minimum absolute atomic E-state index is 0.678. The van der Waals surface area contributed by atoms with Crippen molar-refractivity contribution in [2.45, 2.75) is 39.8 Å². The molecule has 1 aliphatic heterocycles. The first kappa shape index (κ1) is 9.11. The molecule has 0 nitrogen and oxygen atoms in total. The molecule has 1 heterocycles. The lowest BCUT2D eigenvalue weighted by molar-refractivity contribution is 0.486. The summed E-state index contributed by atoms with van der Waals surface area (Å²) in [5, 5.41) is 0. The molecule has 0 aromatic heterocycles. The highest BCUT2D eigenvalue weighted by atomic mass is 14.6. The van der Waals surface area contributed by atoms with Crippen LogP contribution in [0.4, 0.5) is 0 Å². The molecule has 1 aliphatic carbocycles. The van der Waals surface area contributed by atoms with Crippen molar-refractivity contribution in [2.75, 3.05) is 0 Å². The van der Waals surface area contributed by atoms with Crippen molar-refractivity contribution in [1.82, 2.24) is 0 Å². The van der Waals surface area contributed by atoms with E-state index in [9.17, 15) is 0 Å². The molecule has 2 aliphatic rings. The second kappa shape index (κ2) is 2.53. The van der Waals surface area contributed by atoms with Crippen molar-refractivity contribution in [2.24, 2.45) is 10.8 Å². The third-order valence-electron chi connectivity index (χ3n) is 4.19. The van der Waals surface area contributed by atoms with Gasteiger partial charge in [0.1, 0.15) is 0 Å². The Balaban J connectivity index is 1.98. The average molecular weight is 174 g/mol. The van der Waals surface area contributed by atoms with Crippen LogP contribution in [-0.2, 0) is 0 Å². The largest absolute Gasteiger partial charge is 0.167 e. The van der Waals surface area contributed by atoms with E-state index < -0.39 is 0 Å². The Morgan fingerprint density at radius 1 is 1.31 bits per heavy atom. The molecule has 1 heteroatoms. The van der Waals surface area contributed by atoms with Crippen molar-refractivity contribution >= 4 is 6.71 Å². The molecule has 0 amide bonds.